The molecule has 2 amide bonds. The third-order valence-electron chi connectivity index (χ3n) is 1.17. The molecule has 0 rings (SSSR count). The van der Waals surface area contributed by atoms with Crippen LogP contribution in [0.15, 0.2) is 0 Å². The van der Waals surface area contributed by atoms with Crippen molar-refractivity contribution >= 4 is 35.0 Å². The molecule has 0 unspecified atom stereocenters. The van der Waals surface area contributed by atoms with Gasteiger partial charge in [-0.1, -0.05) is 23.2 Å². The Labute approximate surface area is 93.1 Å². The topological polar surface area (TPSA) is 58.2 Å². The highest BCUT2D eigenvalue weighted by atomic mass is 35.5. The van der Waals surface area contributed by atoms with Crippen molar-refractivity contribution in [3.8, 4) is 0 Å². The molecule has 4 nitrogen and oxygen atoms in total. The van der Waals surface area contributed by atoms with E-state index in [9.17, 15) is 22.8 Å². The quantitative estimate of drug-likeness (QED) is 0.578. The summed E-state index contributed by atoms with van der Waals surface area (Å²) in [5.74, 6) is -2.80. The first-order chi connectivity index (χ1) is 6.75. The summed E-state index contributed by atoms with van der Waals surface area (Å²) < 4.78 is 34.9. The standard InChI is InChI=1S/C6H7Cl2F3N2O2/c7-3(8)4(14)12-1-2-13-5(15)6(9,10)11/h3H,1-2H2,(H,12,14)(H,13,15). The van der Waals surface area contributed by atoms with E-state index < -0.39 is 22.8 Å². The van der Waals surface area contributed by atoms with Crippen LogP contribution in [0.5, 0.6) is 0 Å². The van der Waals surface area contributed by atoms with Gasteiger partial charge in [0.2, 0.25) is 0 Å². The van der Waals surface area contributed by atoms with Crippen LogP contribution in [-0.4, -0.2) is 35.9 Å². The normalized spacial score (nSPS) is 11.3. The minimum absolute atomic E-state index is 0.184. The number of amides is 2. The maximum absolute atomic E-state index is 11.6. The lowest BCUT2D eigenvalue weighted by Crippen LogP contribution is -2.41. The first-order valence-corrected chi connectivity index (χ1v) is 4.53. The summed E-state index contributed by atoms with van der Waals surface area (Å²) in [6, 6.07) is 0. The minimum Gasteiger partial charge on any atom is -0.352 e. The molecule has 0 aromatic heterocycles. The van der Waals surface area contributed by atoms with Crippen molar-refractivity contribution in [3.63, 3.8) is 0 Å². The van der Waals surface area contributed by atoms with Gasteiger partial charge < -0.3 is 10.6 Å². The summed E-state index contributed by atoms with van der Waals surface area (Å²) in [4.78, 5) is 19.6. The van der Waals surface area contributed by atoms with Crippen LogP contribution in [-0.2, 0) is 9.59 Å². The smallest absolute Gasteiger partial charge is 0.352 e. The van der Waals surface area contributed by atoms with E-state index in [0.717, 1.165) is 0 Å². The first kappa shape index (κ1) is 14.3. The molecule has 0 aromatic carbocycles. The number of halogens is 5. The summed E-state index contributed by atoms with van der Waals surface area (Å²) in [6.45, 7) is -0.541. The fourth-order valence-electron chi connectivity index (χ4n) is 0.539. The molecule has 0 aliphatic carbocycles. The Morgan fingerprint density at radius 3 is 2.00 bits per heavy atom. The van der Waals surface area contributed by atoms with Crippen LogP contribution in [0.2, 0.25) is 0 Å². The summed E-state index contributed by atoms with van der Waals surface area (Å²) in [7, 11) is 0. The van der Waals surface area contributed by atoms with Gasteiger partial charge in [0.1, 0.15) is 0 Å². The van der Waals surface area contributed by atoms with E-state index in [1.165, 1.54) is 0 Å². The maximum Gasteiger partial charge on any atom is 0.471 e. The molecule has 0 heterocycles. The zero-order valence-electron chi connectivity index (χ0n) is 7.20. The van der Waals surface area contributed by atoms with Gasteiger partial charge in [0.25, 0.3) is 5.91 Å². The van der Waals surface area contributed by atoms with Gasteiger partial charge in [0, 0.05) is 13.1 Å². The molecule has 0 aliphatic heterocycles. The predicted molar refractivity (Wildman–Crippen MR) is 47.6 cm³/mol. The number of nitrogens with one attached hydrogen (secondary N) is 2. The molecule has 0 saturated carbocycles. The molecule has 0 bridgehead atoms. The van der Waals surface area contributed by atoms with Crippen LogP contribution >= 0.6 is 23.2 Å². The fraction of sp³-hybridized carbons (Fsp3) is 0.667. The Kier molecular flexibility index (Phi) is 5.74. The molecule has 9 heteroatoms. The molecule has 88 valence electrons. The van der Waals surface area contributed by atoms with E-state index in [1.54, 1.807) is 5.32 Å². The van der Waals surface area contributed by atoms with Crippen molar-refractivity contribution in [2.24, 2.45) is 0 Å². The van der Waals surface area contributed by atoms with Gasteiger partial charge in [0.15, 0.2) is 4.84 Å². The summed E-state index contributed by atoms with van der Waals surface area (Å²) in [5.41, 5.74) is 0. The number of carbonyl (C=O) groups excluding carboxylic acids is 2. The predicted octanol–water partition coefficient (Wildman–Crippen LogP) is 0.585. The number of rotatable bonds is 4. The molecule has 0 fully saturated rings. The zero-order valence-corrected chi connectivity index (χ0v) is 8.71. The van der Waals surface area contributed by atoms with Crippen LogP contribution in [0.4, 0.5) is 13.2 Å². The minimum atomic E-state index is -4.93. The molecular formula is C6H7Cl2F3N2O2. The number of hydrogen-bond donors (Lipinski definition) is 2. The second kappa shape index (κ2) is 6.02. The van der Waals surface area contributed by atoms with Crippen LogP contribution < -0.4 is 10.6 Å². The molecule has 15 heavy (non-hydrogen) atoms. The van der Waals surface area contributed by atoms with Gasteiger partial charge in [-0.3, -0.25) is 9.59 Å². The van der Waals surface area contributed by atoms with Crippen molar-refractivity contribution < 1.29 is 22.8 Å². The van der Waals surface area contributed by atoms with Crippen molar-refractivity contribution in [2.45, 2.75) is 11.0 Å². The van der Waals surface area contributed by atoms with Gasteiger partial charge in [-0.15, -0.1) is 0 Å². The SMILES string of the molecule is O=C(NCCNC(=O)C(F)(F)F)C(Cl)Cl. The lowest BCUT2D eigenvalue weighted by atomic mass is 10.5. The summed E-state index contributed by atoms with van der Waals surface area (Å²) in [5, 5.41) is 3.66. The molecule has 0 aliphatic rings. The zero-order chi connectivity index (χ0) is 12.1. The van der Waals surface area contributed by atoms with Crippen LogP contribution in [0.3, 0.4) is 0 Å². The summed E-state index contributed by atoms with van der Waals surface area (Å²) >= 11 is 10.3. The van der Waals surface area contributed by atoms with Crippen molar-refractivity contribution in [3.05, 3.63) is 0 Å². The van der Waals surface area contributed by atoms with Crippen LogP contribution in [0.1, 0.15) is 0 Å². The third-order valence-corrected chi connectivity index (χ3v) is 1.56. The van der Waals surface area contributed by atoms with E-state index in [1.807, 2.05) is 0 Å². The van der Waals surface area contributed by atoms with Gasteiger partial charge in [-0.05, 0) is 0 Å². The highest BCUT2D eigenvalue weighted by molar-refractivity contribution is 6.53. The highest BCUT2D eigenvalue weighted by Crippen LogP contribution is 2.13. The van der Waals surface area contributed by atoms with Crippen molar-refractivity contribution in [2.75, 3.05) is 13.1 Å². The summed E-state index contributed by atoms with van der Waals surface area (Å²) in [6.07, 6.45) is -4.93. The molecule has 0 atom stereocenters. The second-order valence-corrected chi connectivity index (χ2v) is 3.44. The largest absolute Gasteiger partial charge is 0.471 e. The van der Waals surface area contributed by atoms with E-state index in [2.05, 4.69) is 5.32 Å². The Hall–Kier alpha value is -0.690. The van der Waals surface area contributed by atoms with Crippen LogP contribution in [0.25, 0.3) is 0 Å². The number of hydrogen-bond acceptors (Lipinski definition) is 2. The molecule has 2 N–H and O–H groups in total. The van der Waals surface area contributed by atoms with Crippen molar-refractivity contribution in [1.29, 1.82) is 0 Å². The Bertz CT molecular complexity index is 245. The van der Waals surface area contributed by atoms with E-state index in [-0.39, 0.29) is 13.1 Å². The van der Waals surface area contributed by atoms with Gasteiger partial charge in [-0.2, -0.15) is 13.2 Å². The average Bonchev–Trinajstić information content (AvgIpc) is 2.09. The van der Waals surface area contributed by atoms with Crippen LogP contribution in [0, 0.1) is 0 Å². The monoisotopic (exact) mass is 266 g/mol. The molecule has 0 radical (unpaired) electrons. The lowest BCUT2D eigenvalue weighted by Gasteiger charge is -2.08. The fourth-order valence-corrected chi connectivity index (χ4v) is 0.693. The molecule has 0 aromatic rings. The Morgan fingerprint density at radius 1 is 1.13 bits per heavy atom. The average molecular weight is 267 g/mol. The Balaban J connectivity index is 3.65. The molecule has 0 saturated heterocycles. The van der Waals surface area contributed by atoms with E-state index >= 15 is 0 Å². The van der Waals surface area contributed by atoms with E-state index in [4.69, 9.17) is 23.2 Å². The first-order valence-electron chi connectivity index (χ1n) is 3.66. The molecule has 0 spiro atoms. The lowest BCUT2D eigenvalue weighted by molar-refractivity contribution is -0.173. The second-order valence-electron chi connectivity index (χ2n) is 2.35. The van der Waals surface area contributed by atoms with Gasteiger partial charge in [-0.25, -0.2) is 0 Å². The highest BCUT2D eigenvalue weighted by Gasteiger charge is 2.38. The third kappa shape index (κ3) is 6.40. The van der Waals surface area contributed by atoms with E-state index in [0.29, 0.717) is 0 Å². The maximum atomic E-state index is 11.6. The van der Waals surface area contributed by atoms with Gasteiger partial charge in [0.05, 0.1) is 0 Å². The number of alkyl halides is 5. The van der Waals surface area contributed by atoms with Gasteiger partial charge >= 0.3 is 12.1 Å². The number of carbonyl (C=O) groups is 2. The van der Waals surface area contributed by atoms with Crippen molar-refractivity contribution in [1.82, 2.24) is 10.6 Å². The Morgan fingerprint density at radius 2 is 1.60 bits per heavy atom. The molecular weight excluding hydrogens is 260 g/mol.